The van der Waals surface area contributed by atoms with Crippen LogP contribution in [-0.4, -0.2) is 11.2 Å². The Bertz CT molecular complexity index is 252. The van der Waals surface area contributed by atoms with E-state index in [9.17, 15) is 5.11 Å². The first-order valence-corrected chi connectivity index (χ1v) is 5.18. The van der Waals surface area contributed by atoms with Gasteiger partial charge in [0, 0.05) is 5.41 Å². The molecule has 1 saturated carbocycles. The lowest BCUT2D eigenvalue weighted by atomic mass is 9.61. The van der Waals surface area contributed by atoms with Crippen molar-refractivity contribution in [1.82, 2.24) is 0 Å². The van der Waals surface area contributed by atoms with Gasteiger partial charge in [-0.2, -0.15) is 0 Å². The molecule has 3 atom stereocenters. The van der Waals surface area contributed by atoms with Crippen LogP contribution in [0.2, 0.25) is 0 Å². The molecule has 1 nitrogen and oxygen atoms in total. The second kappa shape index (κ2) is 2.98. The van der Waals surface area contributed by atoms with E-state index >= 15 is 0 Å². The molecule has 0 unspecified atom stereocenters. The smallest absolute Gasteiger partial charge is 0.0523 e. The van der Waals surface area contributed by atoms with E-state index in [2.05, 4.69) is 18.7 Å². The van der Waals surface area contributed by atoms with Crippen LogP contribution in [0.4, 0.5) is 0 Å². The van der Waals surface area contributed by atoms with Crippen LogP contribution in [0.1, 0.15) is 32.6 Å². The van der Waals surface area contributed by atoms with Crippen molar-refractivity contribution in [2.75, 3.05) is 0 Å². The molecule has 1 N–H and O–H groups in total. The van der Waals surface area contributed by atoms with Gasteiger partial charge < -0.3 is 5.11 Å². The first kappa shape index (κ1) is 9.01. The third kappa shape index (κ3) is 1.46. The largest absolute Gasteiger partial charge is 0.393 e. The summed E-state index contributed by atoms with van der Waals surface area (Å²) in [7, 11) is 0. The van der Waals surface area contributed by atoms with Gasteiger partial charge in [-0.3, -0.25) is 0 Å². The zero-order chi connectivity index (χ0) is 9.47. The van der Waals surface area contributed by atoms with Crippen LogP contribution in [0.25, 0.3) is 0 Å². The Morgan fingerprint density at radius 2 is 2.54 bits per heavy atom. The summed E-state index contributed by atoms with van der Waals surface area (Å²) in [4.78, 5) is 0. The molecule has 1 fully saturated rings. The fourth-order valence-electron chi connectivity index (χ4n) is 2.77. The van der Waals surface area contributed by atoms with Crippen LogP contribution in [0.15, 0.2) is 24.3 Å². The number of fused-ring (bicyclic) bond motifs is 2. The predicted octanol–water partition coefficient (Wildman–Crippen LogP) is 2.67. The Balaban J connectivity index is 2.23. The van der Waals surface area contributed by atoms with Gasteiger partial charge in [0.1, 0.15) is 0 Å². The summed E-state index contributed by atoms with van der Waals surface area (Å²) in [5.41, 5.74) is 1.48. The summed E-state index contributed by atoms with van der Waals surface area (Å²) >= 11 is 0. The lowest BCUT2D eigenvalue weighted by Gasteiger charge is -2.44. The zero-order valence-electron chi connectivity index (χ0n) is 8.29. The Morgan fingerprint density at radius 1 is 1.77 bits per heavy atom. The standard InChI is InChI=1S/C12H18O/c1-9-7-11-3-5-12(9,6-4-11)8-10(2)13/h3,5,10-11,13H,1,4,6-8H2,2H3/t10-,11-,12+/m0/s1. The van der Waals surface area contributed by atoms with Gasteiger partial charge in [0.2, 0.25) is 0 Å². The van der Waals surface area contributed by atoms with E-state index in [-0.39, 0.29) is 11.5 Å². The van der Waals surface area contributed by atoms with Gasteiger partial charge in [-0.15, -0.1) is 0 Å². The van der Waals surface area contributed by atoms with E-state index < -0.39 is 0 Å². The van der Waals surface area contributed by atoms with E-state index in [0.29, 0.717) is 0 Å². The number of hydrogen-bond acceptors (Lipinski definition) is 1. The van der Waals surface area contributed by atoms with Crippen molar-refractivity contribution in [2.24, 2.45) is 11.3 Å². The molecule has 3 aliphatic carbocycles. The molecule has 0 aromatic rings. The van der Waals surface area contributed by atoms with Gasteiger partial charge in [0.25, 0.3) is 0 Å². The summed E-state index contributed by atoms with van der Waals surface area (Å²) in [6.45, 7) is 6.03. The predicted molar refractivity (Wildman–Crippen MR) is 54.4 cm³/mol. The van der Waals surface area contributed by atoms with Crippen molar-refractivity contribution < 1.29 is 5.11 Å². The summed E-state index contributed by atoms with van der Waals surface area (Å²) in [6, 6.07) is 0. The molecular weight excluding hydrogens is 160 g/mol. The lowest BCUT2D eigenvalue weighted by molar-refractivity contribution is 0.126. The van der Waals surface area contributed by atoms with E-state index in [4.69, 9.17) is 0 Å². The maximum Gasteiger partial charge on any atom is 0.0523 e. The Hall–Kier alpha value is -0.560. The minimum Gasteiger partial charge on any atom is -0.393 e. The van der Waals surface area contributed by atoms with Crippen molar-refractivity contribution in [1.29, 1.82) is 0 Å². The minimum absolute atomic E-state index is 0.142. The van der Waals surface area contributed by atoms with Crippen molar-refractivity contribution in [3.05, 3.63) is 24.3 Å². The molecule has 0 heterocycles. The van der Waals surface area contributed by atoms with E-state index in [1.807, 2.05) is 6.92 Å². The molecule has 1 heteroatoms. The van der Waals surface area contributed by atoms with Crippen LogP contribution < -0.4 is 0 Å². The van der Waals surface area contributed by atoms with Crippen LogP contribution in [-0.2, 0) is 0 Å². The highest BCUT2D eigenvalue weighted by molar-refractivity contribution is 5.29. The first-order chi connectivity index (χ1) is 6.12. The SMILES string of the molecule is C=C1C[C@H]2C=C[C@]1(C[C@H](C)O)CC2. The van der Waals surface area contributed by atoms with Crippen LogP contribution in [0.5, 0.6) is 0 Å². The minimum atomic E-state index is -0.212. The topological polar surface area (TPSA) is 20.2 Å². The van der Waals surface area contributed by atoms with Gasteiger partial charge in [0.05, 0.1) is 6.10 Å². The van der Waals surface area contributed by atoms with Gasteiger partial charge in [-0.25, -0.2) is 0 Å². The molecule has 3 aliphatic rings. The average molecular weight is 178 g/mol. The number of allylic oxidation sites excluding steroid dienone is 3. The maximum absolute atomic E-state index is 9.46. The second-order valence-corrected chi connectivity index (χ2v) is 4.67. The van der Waals surface area contributed by atoms with E-state index in [1.54, 1.807) is 0 Å². The van der Waals surface area contributed by atoms with Crippen molar-refractivity contribution >= 4 is 0 Å². The summed E-state index contributed by atoms with van der Waals surface area (Å²) in [5, 5.41) is 9.46. The average Bonchev–Trinajstić information content (AvgIpc) is 2.06. The van der Waals surface area contributed by atoms with E-state index in [1.165, 1.54) is 18.4 Å². The quantitative estimate of drug-likeness (QED) is 0.644. The normalized spacial score (nSPS) is 39.5. The molecule has 0 radical (unpaired) electrons. The van der Waals surface area contributed by atoms with Crippen molar-refractivity contribution in [3.8, 4) is 0 Å². The van der Waals surface area contributed by atoms with Gasteiger partial charge in [0.15, 0.2) is 0 Å². The highest BCUT2D eigenvalue weighted by Crippen LogP contribution is 2.51. The maximum atomic E-state index is 9.46. The monoisotopic (exact) mass is 178 g/mol. The third-order valence-corrected chi connectivity index (χ3v) is 3.52. The summed E-state index contributed by atoms with van der Waals surface area (Å²) < 4.78 is 0. The summed E-state index contributed by atoms with van der Waals surface area (Å²) in [6.07, 6.45) is 8.87. The second-order valence-electron chi connectivity index (χ2n) is 4.67. The molecule has 3 rings (SSSR count). The van der Waals surface area contributed by atoms with Crippen molar-refractivity contribution in [3.63, 3.8) is 0 Å². The number of rotatable bonds is 2. The molecule has 13 heavy (non-hydrogen) atoms. The molecule has 0 saturated heterocycles. The molecule has 0 aromatic carbocycles. The van der Waals surface area contributed by atoms with Crippen LogP contribution in [0, 0.1) is 11.3 Å². The van der Waals surface area contributed by atoms with Crippen LogP contribution >= 0.6 is 0 Å². The third-order valence-electron chi connectivity index (χ3n) is 3.52. The molecule has 0 aliphatic heterocycles. The molecule has 0 aromatic heterocycles. The van der Waals surface area contributed by atoms with Gasteiger partial charge in [-0.1, -0.05) is 24.3 Å². The summed E-state index contributed by atoms with van der Waals surface area (Å²) in [5.74, 6) is 0.739. The van der Waals surface area contributed by atoms with Gasteiger partial charge >= 0.3 is 0 Å². The molecule has 72 valence electrons. The number of hydrogen-bond donors (Lipinski definition) is 1. The Morgan fingerprint density at radius 3 is 3.00 bits per heavy atom. The molecule has 0 spiro atoms. The number of aliphatic hydroxyl groups excluding tert-OH is 1. The molecule has 2 bridgehead atoms. The Labute approximate surface area is 80.2 Å². The van der Waals surface area contributed by atoms with Crippen LogP contribution in [0.3, 0.4) is 0 Å². The molecule has 0 amide bonds. The highest BCUT2D eigenvalue weighted by Gasteiger charge is 2.39. The fraction of sp³-hybridized carbons (Fsp3) is 0.667. The highest BCUT2D eigenvalue weighted by atomic mass is 16.3. The van der Waals surface area contributed by atoms with E-state index in [0.717, 1.165) is 18.8 Å². The Kier molecular flexibility index (Phi) is 2.07. The number of aliphatic hydroxyl groups is 1. The lowest BCUT2D eigenvalue weighted by Crippen LogP contribution is -2.34. The fourth-order valence-corrected chi connectivity index (χ4v) is 2.77. The van der Waals surface area contributed by atoms with Crippen molar-refractivity contribution in [2.45, 2.75) is 38.7 Å². The first-order valence-electron chi connectivity index (χ1n) is 5.18. The zero-order valence-corrected chi connectivity index (χ0v) is 8.29. The van der Waals surface area contributed by atoms with Gasteiger partial charge in [-0.05, 0) is 38.5 Å². The molecular formula is C12H18O.